The maximum absolute atomic E-state index is 12.3. The molecule has 4 nitrogen and oxygen atoms in total. The first-order valence-electron chi connectivity index (χ1n) is 7.03. The fourth-order valence-corrected chi connectivity index (χ4v) is 2.53. The van der Waals surface area contributed by atoms with Gasteiger partial charge in [-0.3, -0.25) is 10.1 Å². The predicted octanol–water partition coefficient (Wildman–Crippen LogP) is 2.56. The van der Waals surface area contributed by atoms with Crippen molar-refractivity contribution >= 4 is 5.91 Å². The van der Waals surface area contributed by atoms with Gasteiger partial charge in [0.05, 0.1) is 13.7 Å². The molecule has 1 fully saturated rings. The van der Waals surface area contributed by atoms with Gasteiger partial charge in [0.15, 0.2) is 0 Å². The number of para-hydroxylation sites is 1. The monoisotopic (exact) mass is 276 g/mol. The van der Waals surface area contributed by atoms with Crippen molar-refractivity contribution in [2.75, 3.05) is 13.7 Å². The van der Waals surface area contributed by atoms with E-state index in [4.69, 9.17) is 4.74 Å². The number of ether oxygens (including phenoxy) is 1. The smallest absolute Gasteiger partial charge is 0.238 e. The van der Waals surface area contributed by atoms with E-state index in [2.05, 4.69) is 33.0 Å². The maximum atomic E-state index is 12.3. The van der Waals surface area contributed by atoms with Gasteiger partial charge >= 0.3 is 0 Å². The third-order valence-corrected chi connectivity index (χ3v) is 4.12. The van der Waals surface area contributed by atoms with Crippen molar-refractivity contribution in [1.82, 2.24) is 10.2 Å². The Morgan fingerprint density at radius 3 is 2.60 bits per heavy atom. The van der Waals surface area contributed by atoms with Crippen LogP contribution in [0, 0.1) is 5.41 Å². The number of methoxy groups -OCH3 is 1. The van der Waals surface area contributed by atoms with Crippen molar-refractivity contribution in [2.45, 2.75) is 39.9 Å². The van der Waals surface area contributed by atoms with E-state index < -0.39 is 0 Å². The number of rotatable bonds is 3. The number of amides is 1. The first kappa shape index (κ1) is 14.9. The highest BCUT2D eigenvalue weighted by molar-refractivity contribution is 5.81. The molecule has 1 aliphatic heterocycles. The minimum Gasteiger partial charge on any atom is -0.496 e. The molecule has 4 heteroatoms. The second kappa shape index (κ2) is 5.44. The molecule has 0 aromatic heterocycles. The van der Waals surface area contributed by atoms with E-state index in [0.29, 0.717) is 6.54 Å². The lowest BCUT2D eigenvalue weighted by Gasteiger charge is -2.39. The van der Waals surface area contributed by atoms with Crippen molar-refractivity contribution in [3.8, 4) is 5.75 Å². The number of carbonyl (C=O) groups excluding carboxylic acids is 1. The summed E-state index contributed by atoms with van der Waals surface area (Å²) in [6.45, 7) is 8.95. The van der Waals surface area contributed by atoms with E-state index in [-0.39, 0.29) is 23.5 Å². The number of nitrogens with zero attached hydrogens (tertiary/aromatic N) is 1. The van der Waals surface area contributed by atoms with Crippen molar-refractivity contribution < 1.29 is 9.53 Å². The Bertz CT molecular complexity index is 493. The molecular weight excluding hydrogens is 252 g/mol. The fourth-order valence-electron chi connectivity index (χ4n) is 2.53. The summed E-state index contributed by atoms with van der Waals surface area (Å²) >= 11 is 0. The zero-order chi connectivity index (χ0) is 14.9. The first-order valence-corrected chi connectivity index (χ1v) is 7.03. The Morgan fingerprint density at radius 2 is 2.00 bits per heavy atom. The highest BCUT2D eigenvalue weighted by atomic mass is 16.5. The standard InChI is InChI=1S/C16H24N2O2/c1-11(16(2,3)4)18-14(19)10-17-15(18)12-8-6-7-9-13(12)20-5/h6-9,11,15,17H,10H2,1-5H3. The Hall–Kier alpha value is -1.55. The Morgan fingerprint density at radius 1 is 1.35 bits per heavy atom. The van der Waals surface area contributed by atoms with Crippen LogP contribution in [0.5, 0.6) is 5.75 Å². The third-order valence-electron chi connectivity index (χ3n) is 4.12. The molecule has 0 spiro atoms. The predicted molar refractivity (Wildman–Crippen MR) is 79.5 cm³/mol. The number of hydrogen-bond donors (Lipinski definition) is 1. The van der Waals surface area contributed by atoms with Crippen molar-refractivity contribution in [2.24, 2.45) is 5.41 Å². The average molecular weight is 276 g/mol. The van der Waals surface area contributed by atoms with Crippen LogP contribution < -0.4 is 10.1 Å². The summed E-state index contributed by atoms with van der Waals surface area (Å²) in [5.41, 5.74) is 1.04. The zero-order valence-corrected chi connectivity index (χ0v) is 12.9. The Balaban J connectivity index is 2.38. The van der Waals surface area contributed by atoms with Gasteiger partial charge in [0.1, 0.15) is 11.9 Å². The number of nitrogens with one attached hydrogen (secondary N) is 1. The molecule has 1 saturated heterocycles. The number of hydrogen-bond acceptors (Lipinski definition) is 3. The van der Waals surface area contributed by atoms with Gasteiger partial charge in [0.2, 0.25) is 5.91 Å². The van der Waals surface area contributed by atoms with Gasteiger partial charge in [-0.2, -0.15) is 0 Å². The minimum absolute atomic E-state index is 0.0297. The van der Waals surface area contributed by atoms with Gasteiger partial charge in [-0.15, -0.1) is 0 Å². The second-order valence-corrected chi connectivity index (χ2v) is 6.37. The molecule has 0 aliphatic carbocycles. The molecule has 2 unspecified atom stereocenters. The van der Waals surface area contributed by atoms with Gasteiger partial charge in [0.25, 0.3) is 0 Å². The quantitative estimate of drug-likeness (QED) is 0.922. The normalized spacial score (nSPS) is 21.1. The largest absolute Gasteiger partial charge is 0.496 e. The van der Waals surface area contributed by atoms with Crippen LogP contribution in [0.4, 0.5) is 0 Å². The van der Waals surface area contributed by atoms with Gasteiger partial charge in [-0.1, -0.05) is 39.0 Å². The van der Waals surface area contributed by atoms with Crippen LogP contribution in [0.1, 0.15) is 39.4 Å². The van der Waals surface area contributed by atoms with Crippen molar-refractivity contribution in [3.05, 3.63) is 29.8 Å². The molecule has 0 radical (unpaired) electrons. The number of carbonyl (C=O) groups is 1. The number of benzene rings is 1. The summed E-state index contributed by atoms with van der Waals surface area (Å²) < 4.78 is 5.43. The summed E-state index contributed by atoms with van der Waals surface area (Å²) in [4.78, 5) is 14.2. The molecule has 1 amide bonds. The topological polar surface area (TPSA) is 41.6 Å². The highest BCUT2D eigenvalue weighted by Crippen LogP contribution is 2.35. The summed E-state index contributed by atoms with van der Waals surface area (Å²) in [5, 5.41) is 3.30. The van der Waals surface area contributed by atoms with E-state index in [1.807, 2.05) is 29.2 Å². The SMILES string of the molecule is COc1ccccc1C1NCC(=O)N1C(C)C(C)(C)C. The molecular formula is C16H24N2O2. The second-order valence-electron chi connectivity index (χ2n) is 6.37. The van der Waals surface area contributed by atoms with E-state index >= 15 is 0 Å². The molecule has 0 bridgehead atoms. The highest BCUT2D eigenvalue weighted by Gasteiger charge is 2.40. The molecule has 1 aromatic carbocycles. The van der Waals surface area contributed by atoms with Crippen molar-refractivity contribution in [1.29, 1.82) is 0 Å². The molecule has 1 aliphatic rings. The summed E-state index contributed by atoms with van der Waals surface area (Å²) in [6.07, 6.45) is -0.118. The Labute approximate surface area is 121 Å². The third kappa shape index (κ3) is 2.66. The molecule has 1 aromatic rings. The molecule has 1 N–H and O–H groups in total. The van der Waals surface area contributed by atoms with Crippen LogP contribution in [0.25, 0.3) is 0 Å². The lowest BCUT2D eigenvalue weighted by molar-refractivity contribution is -0.132. The first-order chi connectivity index (χ1) is 9.36. The lowest BCUT2D eigenvalue weighted by Crippen LogP contribution is -2.45. The molecule has 2 atom stereocenters. The van der Waals surface area contributed by atoms with Crippen LogP contribution in [-0.4, -0.2) is 30.5 Å². The molecule has 0 saturated carbocycles. The van der Waals surface area contributed by atoms with E-state index in [1.165, 1.54) is 0 Å². The maximum Gasteiger partial charge on any atom is 0.238 e. The van der Waals surface area contributed by atoms with E-state index in [9.17, 15) is 4.79 Å². The summed E-state index contributed by atoms with van der Waals surface area (Å²) in [5.74, 6) is 0.953. The van der Waals surface area contributed by atoms with E-state index in [1.54, 1.807) is 7.11 Å². The Kier molecular flexibility index (Phi) is 4.04. The molecule has 110 valence electrons. The van der Waals surface area contributed by atoms with Gasteiger partial charge < -0.3 is 9.64 Å². The molecule has 1 heterocycles. The minimum atomic E-state index is -0.118. The van der Waals surface area contributed by atoms with Crippen LogP contribution in [0.3, 0.4) is 0 Å². The molecule has 2 rings (SSSR count). The van der Waals surface area contributed by atoms with E-state index in [0.717, 1.165) is 11.3 Å². The van der Waals surface area contributed by atoms with Crippen LogP contribution >= 0.6 is 0 Å². The fraction of sp³-hybridized carbons (Fsp3) is 0.562. The molecule has 20 heavy (non-hydrogen) atoms. The van der Waals surface area contributed by atoms with Crippen LogP contribution in [-0.2, 0) is 4.79 Å². The van der Waals surface area contributed by atoms with Gasteiger partial charge in [-0.25, -0.2) is 0 Å². The summed E-state index contributed by atoms with van der Waals surface area (Å²) in [6, 6.07) is 8.00. The summed E-state index contributed by atoms with van der Waals surface area (Å²) in [7, 11) is 1.66. The lowest BCUT2D eigenvalue weighted by atomic mass is 9.86. The zero-order valence-electron chi connectivity index (χ0n) is 12.9. The van der Waals surface area contributed by atoms with Gasteiger partial charge in [0, 0.05) is 11.6 Å². The van der Waals surface area contributed by atoms with Crippen molar-refractivity contribution in [3.63, 3.8) is 0 Å². The van der Waals surface area contributed by atoms with Crippen LogP contribution in [0.2, 0.25) is 0 Å². The van der Waals surface area contributed by atoms with Crippen LogP contribution in [0.15, 0.2) is 24.3 Å². The average Bonchev–Trinajstić information content (AvgIpc) is 2.78. The van der Waals surface area contributed by atoms with Gasteiger partial charge in [-0.05, 0) is 18.4 Å².